The van der Waals surface area contributed by atoms with Crippen LogP contribution in [0.4, 0.5) is 0 Å². The number of aliphatic hydroxyl groups excluding tert-OH is 4. The molecule has 1 aromatic heterocycles. The van der Waals surface area contributed by atoms with Gasteiger partial charge in [0.2, 0.25) is 13.1 Å². The van der Waals surface area contributed by atoms with E-state index in [0.29, 0.717) is 5.75 Å². The minimum Gasteiger partial charge on any atom is -0.478 e. The highest BCUT2D eigenvalue weighted by atomic mass is 16.7. The first-order valence-electron chi connectivity index (χ1n) is 9.83. The van der Waals surface area contributed by atoms with E-state index < -0.39 is 48.9 Å². The minimum atomic E-state index is -1.72. The van der Waals surface area contributed by atoms with E-state index in [9.17, 15) is 35.1 Å². The third kappa shape index (κ3) is 3.35. The van der Waals surface area contributed by atoms with Crippen LogP contribution < -0.4 is 19.8 Å². The van der Waals surface area contributed by atoms with Gasteiger partial charge in [-0.25, -0.2) is 9.59 Å². The van der Waals surface area contributed by atoms with E-state index in [-0.39, 0.29) is 45.6 Å². The first kappa shape index (κ1) is 21.4. The average Bonchev–Trinajstić information content (AvgIpc) is 3.28. The van der Waals surface area contributed by atoms with Crippen molar-refractivity contribution < 1.29 is 53.7 Å². The van der Waals surface area contributed by atoms with Crippen molar-refractivity contribution in [2.75, 3.05) is 13.4 Å². The Bertz CT molecular complexity index is 1310. The molecule has 0 radical (unpaired) electrons. The molecule has 2 aliphatic rings. The molecule has 0 spiro atoms. The summed E-state index contributed by atoms with van der Waals surface area (Å²) in [6, 6.07) is 5.31. The maximum atomic E-state index is 12.6. The normalized spacial score (nSPS) is 26.6. The highest BCUT2D eigenvalue weighted by Crippen LogP contribution is 2.43. The van der Waals surface area contributed by atoms with Gasteiger partial charge in [-0.3, -0.25) is 0 Å². The number of fused-ring (bicyclic) bond motifs is 5. The summed E-state index contributed by atoms with van der Waals surface area (Å²) in [5.41, 5.74) is -1.20. The zero-order valence-electron chi connectivity index (χ0n) is 16.7. The lowest BCUT2D eigenvalue weighted by atomic mass is 9.99. The first-order valence-corrected chi connectivity index (χ1v) is 9.83. The quantitative estimate of drug-likeness (QED) is 0.249. The summed E-state index contributed by atoms with van der Waals surface area (Å²) in [6.45, 7) is -0.770. The second-order valence-electron chi connectivity index (χ2n) is 7.58. The van der Waals surface area contributed by atoms with E-state index in [1.54, 1.807) is 0 Å². The van der Waals surface area contributed by atoms with E-state index in [1.165, 1.54) is 18.2 Å². The number of aliphatic hydroxyl groups is 4. The van der Waals surface area contributed by atoms with E-state index in [0.717, 1.165) is 6.07 Å². The lowest BCUT2D eigenvalue weighted by Gasteiger charge is -2.39. The van der Waals surface area contributed by atoms with Gasteiger partial charge in [0.05, 0.1) is 17.6 Å². The SMILES string of the molecule is O=C(O)c1cc(O[C@@H]2O[C@H](CO)[C@@H](O)[C@H](O)[C@H]2O)cc2oc(=O)c3ccc4c(c3c12)OCO4. The molecule has 33 heavy (non-hydrogen) atoms. The van der Waals surface area contributed by atoms with Crippen LogP contribution in [-0.4, -0.2) is 75.6 Å². The maximum absolute atomic E-state index is 12.6. The molecule has 3 heterocycles. The molecule has 0 aliphatic carbocycles. The van der Waals surface area contributed by atoms with Gasteiger partial charge in [-0.2, -0.15) is 0 Å². The molecule has 2 aromatic carbocycles. The standard InChI is InChI=1S/C21H18O12/c22-5-12-15(23)16(24)17(25)21(33-12)31-7-3-9(19(26)27)13-11(4-7)32-20(28)8-1-2-10-18(14(8)13)30-6-29-10/h1-4,12,15-17,21-25H,5-6H2,(H,26,27)/t12-,15-,16+,17-,21-/m1/s1. The smallest absolute Gasteiger partial charge is 0.344 e. The van der Waals surface area contributed by atoms with Crippen LogP contribution >= 0.6 is 0 Å². The van der Waals surface area contributed by atoms with Gasteiger partial charge in [0.25, 0.3) is 0 Å². The van der Waals surface area contributed by atoms with Gasteiger partial charge in [-0.15, -0.1) is 0 Å². The number of ether oxygens (including phenoxy) is 4. The predicted molar refractivity (Wildman–Crippen MR) is 107 cm³/mol. The number of rotatable bonds is 4. The third-order valence-corrected chi connectivity index (χ3v) is 5.62. The molecular weight excluding hydrogens is 444 g/mol. The number of carboxylic acids is 1. The summed E-state index contributed by atoms with van der Waals surface area (Å²) in [6.07, 6.45) is -7.79. The molecule has 0 bridgehead atoms. The summed E-state index contributed by atoms with van der Waals surface area (Å²) >= 11 is 0. The van der Waals surface area contributed by atoms with Crippen LogP contribution in [0.25, 0.3) is 21.7 Å². The van der Waals surface area contributed by atoms with Crippen LogP contribution in [0.1, 0.15) is 10.4 Å². The van der Waals surface area contributed by atoms with Crippen LogP contribution in [-0.2, 0) is 4.74 Å². The molecule has 1 fully saturated rings. The van der Waals surface area contributed by atoms with Gasteiger partial charge in [0, 0.05) is 16.8 Å². The largest absolute Gasteiger partial charge is 0.478 e. The summed E-state index contributed by atoms with van der Waals surface area (Å²) in [7, 11) is 0. The summed E-state index contributed by atoms with van der Waals surface area (Å²) in [5, 5.41) is 49.6. The Kier molecular flexibility index (Phi) is 5.11. The Morgan fingerprint density at radius 3 is 2.58 bits per heavy atom. The molecular formula is C21H18O12. The zero-order chi connectivity index (χ0) is 23.4. The minimum absolute atomic E-state index is 0.0700. The van der Waals surface area contributed by atoms with Gasteiger partial charge >= 0.3 is 11.6 Å². The molecule has 174 valence electrons. The Morgan fingerprint density at radius 1 is 1.06 bits per heavy atom. The van der Waals surface area contributed by atoms with Gasteiger partial charge < -0.3 is 48.9 Å². The fourth-order valence-corrected chi connectivity index (χ4v) is 4.01. The fourth-order valence-electron chi connectivity index (χ4n) is 4.01. The van der Waals surface area contributed by atoms with Crippen molar-refractivity contribution in [2.45, 2.75) is 30.7 Å². The van der Waals surface area contributed by atoms with Crippen molar-refractivity contribution in [2.24, 2.45) is 0 Å². The van der Waals surface area contributed by atoms with Crippen molar-refractivity contribution >= 4 is 27.7 Å². The molecule has 5 rings (SSSR count). The van der Waals surface area contributed by atoms with E-state index >= 15 is 0 Å². The fraction of sp³-hybridized carbons (Fsp3) is 0.333. The van der Waals surface area contributed by atoms with E-state index in [4.69, 9.17) is 23.4 Å². The van der Waals surface area contributed by atoms with Crippen molar-refractivity contribution in [3.05, 3.63) is 40.2 Å². The summed E-state index contributed by atoms with van der Waals surface area (Å²) in [5.74, 6) is -0.995. The lowest BCUT2D eigenvalue weighted by molar-refractivity contribution is -0.277. The van der Waals surface area contributed by atoms with Crippen LogP contribution in [0.5, 0.6) is 17.2 Å². The second-order valence-corrected chi connectivity index (χ2v) is 7.58. The molecule has 5 N–H and O–H groups in total. The first-order chi connectivity index (χ1) is 15.8. The van der Waals surface area contributed by atoms with Crippen molar-refractivity contribution in [1.29, 1.82) is 0 Å². The van der Waals surface area contributed by atoms with Gasteiger partial charge in [0.15, 0.2) is 11.5 Å². The predicted octanol–water partition coefficient (Wildman–Crippen LogP) is -0.448. The topological polar surface area (TPSA) is 185 Å². The Balaban J connectivity index is 1.66. The molecule has 12 nitrogen and oxygen atoms in total. The molecule has 0 amide bonds. The molecule has 0 saturated carbocycles. The number of aromatic carboxylic acids is 1. The van der Waals surface area contributed by atoms with Crippen molar-refractivity contribution in [3.63, 3.8) is 0 Å². The average molecular weight is 462 g/mol. The van der Waals surface area contributed by atoms with E-state index in [1.807, 2.05) is 0 Å². The number of hydrogen-bond acceptors (Lipinski definition) is 11. The van der Waals surface area contributed by atoms with Crippen LogP contribution in [0.3, 0.4) is 0 Å². The second kappa shape index (κ2) is 7.86. The highest BCUT2D eigenvalue weighted by Gasteiger charge is 2.44. The molecule has 1 saturated heterocycles. The third-order valence-electron chi connectivity index (χ3n) is 5.62. The molecule has 2 aliphatic heterocycles. The van der Waals surface area contributed by atoms with Gasteiger partial charge in [0.1, 0.15) is 35.7 Å². The van der Waals surface area contributed by atoms with Gasteiger partial charge in [-0.05, 0) is 18.2 Å². The van der Waals surface area contributed by atoms with E-state index in [2.05, 4.69) is 0 Å². The summed E-state index contributed by atoms with van der Waals surface area (Å²) in [4.78, 5) is 24.7. The number of carbonyl (C=O) groups is 1. The molecule has 0 unspecified atom stereocenters. The highest BCUT2D eigenvalue weighted by molar-refractivity contribution is 6.17. The van der Waals surface area contributed by atoms with Crippen LogP contribution in [0, 0.1) is 0 Å². The van der Waals surface area contributed by atoms with Gasteiger partial charge in [-0.1, -0.05) is 0 Å². The maximum Gasteiger partial charge on any atom is 0.344 e. The summed E-state index contributed by atoms with van der Waals surface area (Å²) < 4.78 is 27.0. The number of hydrogen-bond donors (Lipinski definition) is 5. The van der Waals surface area contributed by atoms with Crippen LogP contribution in [0.15, 0.2) is 33.5 Å². The monoisotopic (exact) mass is 462 g/mol. The zero-order valence-corrected chi connectivity index (χ0v) is 16.7. The Hall–Kier alpha value is -3.42. The van der Waals surface area contributed by atoms with Crippen LogP contribution in [0.2, 0.25) is 0 Å². The number of benzene rings is 2. The number of carboxylic acid groups (broad SMARTS) is 1. The van der Waals surface area contributed by atoms with Crippen molar-refractivity contribution in [3.8, 4) is 17.2 Å². The Morgan fingerprint density at radius 2 is 1.85 bits per heavy atom. The molecule has 3 aromatic rings. The van der Waals surface area contributed by atoms with Crippen molar-refractivity contribution in [1.82, 2.24) is 0 Å². The Labute approximate surface area is 183 Å². The lowest BCUT2D eigenvalue weighted by Crippen LogP contribution is -2.60. The molecule has 12 heteroatoms. The molecule has 5 atom stereocenters.